The van der Waals surface area contributed by atoms with Gasteiger partial charge in [-0.25, -0.2) is 4.98 Å². The summed E-state index contributed by atoms with van der Waals surface area (Å²) in [5.74, 6) is 1.43. The van der Waals surface area contributed by atoms with Gasteiger partial charge in [0, 0.05) is 29.7 Å². The Labute approximate surface area is 142 Å². The summed E-state index contributed by atoms with van der Waals surface area (Å²) in [6.07, 6.45) is 3.79. The van der Waals surface area contributed by atoms with Crippen molar-refractivity contribution < 1.29 is 0 Å². The van der Waals surface area contributed by atoms with Crippen molar-refractivity contribution in [2.45, 2.75) is 59.5 Å². The van der Waals surface area contributed by atoms with Gasteiger partial charge in [-0.1, -0.05) is 20.8 Å². The molecule has 3 heterocycles. The lowest BCUT2D eigenvalue weighted by Crippen LogP contribution is -2.38. The summed E-state index contributed by atoms with van der Waals surface area (Å²) in [6.45, 7) is 10.8. The van der Waals surface area contributed by atoms with E-state index in [0.717, 1.165) is 35.4 Å². The van der Waals surface area contributed by atoms with Crippen LogP contribution in [-0.4, -0.2) is 26.9 Å². The van der Waals surface area contributed by atoms with Gasteiger partial charge < -0.3 is 0 Å². The van der Waals surface area contributed by atoms with E-state index in [1.807, 2.05) is 12.3 Å². The van der Waals surface area contributed by atoms with Gasteiger partial charge in [-0.05, 0) is 44.6 Å². The standard InChI is InChI=1S/C18H27N3OS/c1-12(2)16-6-5-13(3)7-8-20(16)10-15-9-17(22)21-14(4)11-23-18(21)19-15/h9,11-13,16H,5-8,10H2,1-4H3. The molecule has 4 nitrogen and oxygen atoms in total. The molecule has 5 heteroatoms. The third-order valence-corrected chi connectivity index (χ3v) is 6.04. The van der Waals surface area contributed by atoms with E-state index in [0.29, 0.717) is 12.0 Å². The molecule has 2 aromatic heterocycles. The molecule has 0 saturated carbocycles. The highest BCUT2D eigenvalue weighted by molar-refractivity contribution is 7.15. The number of hydrogen-bond donors (Lipinski definition) is 0. The Hall–Kier alpha value is -1.20. The van der Waals surface area contributed by atoms with Gasteiger partial charge in [-0.15, -0.1) is 11.3 Å². The second-order valence-electron chi connectivity index (χ2n) is 7.33. The zero-order valence-corrected chi connectivity index (χ0v) is 15.4. The van der Waals surface area contributed by atoms with Crippen molar-refractivity contribution in [3.05, 3.63) is 33.2 Å². The van der Waals surface area contributed by atoms with Crippen molar-refractivity contribution >= 4 is 16.3 Å². The average molecular weight is 334 g/mol. The highest BCUT2D eigenvalue weighted by Crippen LogP contribution is 2.27. The van der Waals surface area contributed by atoms with Gasteiger partial charge in [-0.2, -0.15) is 0 Å². The normalized spacial score (nSPS) is 23.5. The average Bonchev–Trinajstić information content (AvgIpc) is 2.75. The molecular formula is C18H27N3OS. The summed E-state index contributed by atoms with van der Waals surface area (Å²) in [7, 11) is 0. The number of thiazole rings is 1. The number of likely N-dealkylation sites (tertiary alicyclic amines) is 1. The minimum atomic E-state index is 0.0491. The molecule has 1 aliphatic rings. The van der Waals surface area contributed by atoms with E-state index in [1.165, 1.54) is 19.3 Å². The quantitative estimate of drug-likeness (QED) is 0.859. The SMILES string of the molecule is Cc1csc2nc(CN3CCC(C)CCC3C(C)C)cc(=O)n12. The van der Waals surface area contributed by atoms with Crippen molar-refractivity contribution in [2.24, 2.45) is 11.8 Å². The van der Waals surface area contributed by atoms with Crippen LogP contribution in [0.25, 0.3) is 4.96 Å². The van der Waals surface area contributed by atoms with Gasteiger partial charge in [0.1, 0.15) is 0 Å². The van der Waals surface area contributed by atoms with Crippen LogP contribution in [0.4, 0.5) is 0 Å². The first kappa shape index (κ1) is 16.7. The summed E-state index contributed by atoms with van der Waals surface area (Å²) in [4.78, 5) is 20.5. The molecule has 1 fully saturated rings. The molecular weight excluding hydrogens is 306 g/mol. The lowest BCUT2D eigenvalue weighted by atomic mass is 9.95. The molecule has 0 bridgehead atoms. The molecule has 2 aromatic rings. The second kappa shape index (κ2) is 6.73. The Balaban J connectivity index is 1.88. The topological polar surface area (TPSA) is 37.6 Å². The van der Waals surface area contributed by atoms with Gasteiger partial charge in [0.05, 0.1) is 5.69 Å². The van der Waals surface area contributed by atoms with Gasteiger partial charge in [-0.3, -0.25) is 14.1 Å². The van der Waals surface area contributed by atoms with Crippen LogP contribution in [0.15, 0.2) is 16.2 Å². The molecule has 126 valence electrons. The Morgan fingerprint density at radius 1 is 1.35 bits per heavy atom. The van der Waals surface area contributed by atoms with Gasteiger partial charge in [0.15, 0.2) is 4.96 Å². The molecule has 0 radical (unpaired) electrons. The van der Waals surface area contributed by atoms with Crippen molar-refractivity contribution in [3.63, 3.8) is 0 Å². The third-order valence-electron chi connectivity index (χ3n) is 5.10. The number of nitrogens with zero attached hydrogens (tertiary/aromatic N) is 3. The largest absolute Gasteiger partial charge is 0.294 e. The Morgan fingerprint density at radius 3 is 2.87 bits per heavy atom. The Bertz CT molecular complexity index is 733. The summed E-state index contributed by atoms with van der Waals surface area (Å²) in [5, 5.41) is 2.00. The summed E-state index contributed by atoms with van der Waals surface area (Å²) >= 11 is 1.55. The Morgan fingerprint density at radius 2 is 2.13 bits per heavy atom. The molecule has 0 amide bonds. The van der Waals surface area contributed by atoms with Crippen molar-refractivity contribution in [3.8, 4) is 0 Å². The number of hydrogen-bond acceptors (Lipinski definition) is 4. The Kier molecular flexibility index (Phi) is 4.87. The zero-order valence-electron chi connectivity index (χ0n) is 14.6. The first-order valence-corrected chi connectivity index (χ1v) is 9.54. The third kappa shape index (κ3) is 3.50. The fourth-order valence-electron chi connectivity index (χ4n) is 3.68. The highest BCUT2D eigenvalue weighted by atomic mass is 32.1. The number of rotatable bonds is 3. The van der Waals surface area contributed by atoms with Gasteiger partial charge >= 0.3 is 0 Å². The van der Waals surface area contributed by atoms with E-state index in [2.05, 4.69) is 25.7 Å². The monoisotopic (exact) mass is 333 g/mol. The van der Waals surface area contributed by atoms with E-state index < -0.39 is 0 Å². The van der Waals surface area contributed by atoms with Crippen LogP contribution in [0.5, 0.6) is 0 Å². The van der Waals surface area contributed by atoms with Crippen LogP contribution in [0.2, 0.25) is 0 Å². The summed E-state index contributed by atoms with van der Waals surface area (Å²) < 4.78 is 1.71. The van der Waals surface area contributed by atoms with Crippen LogP contribution >= 0.6 is 11.3 Å². The van der Waals surface area contributed by atoms with Crippen molar-refractivity contribution in [2.75, 3.05) is 6.54 Å². The maximum atomic E-state index is 12.4. The fourth-order valence-corrected chi connectivity index (χ4v) is 4.57. The molecule has 1 aliphatic heterocycles. The maximum absolute atomic E-state index is 12.4. The smallest absolute Gasteiger partial charge is 0.259 e. The van der Waals surface area contributed by atoms with Crippen LogP contribution in [0.1, 0.15) is 51.4 Å². The summed E-state index contributed by atoms with van der Waals surface area (Å²) in [6, 6.07) is 2.31. The van der Waals surface area contributed by atoms with Crippen LogP contribution in [-0.2, 0) is 6.54 Å². The first-order valence-electron chi connectivity index (χ1n) is 8.66. The van der Waals surface area contributed by atoms with Crippen LogP contribution < -0.4 is 5.56 Å². The molecule has 0 N–H and O–H groups in total. The summed E-state index contributed by atoms with van der Waals surface area (Å²) in [5.41, 5.74) is 1.93. The van der Waals surface area contributed by atoms with E-state index >= 15 is 0 Å². The zero-order chi connectivity index (χ0) is 16.6. The van der Waals surface area contributed by atoms with E-state index in [-0.39, 0.29) is 5.56 Å². The molecule has 3 rings (SSSR count). The van der Waals surface area contributed by atoms with E-state index in [9.17, 15) is 4.79 Å². The van der Waals surface area contributed by atoms with E-state index in [4.69, 9.17) is 4.98 Å². The van der Waals surface area contributed by atoms with Crippen LogP contribution in [0, 0.1) is 18.8 Å². The van der Waals surface area contributed by atoms with Gasteiger partial charge in [0.2, 0.25) is 0 Å². The molecule has 2 atom stereocenters. The molecule has 0 aliphatic carbocycles. The predicted octanol–water partition coefficient (Wildman–Crippen LogP) is 3.71. The molecule has 2 unspecified atom stereocenters. The van der Waals surface area contributed by atoms with Crippen molar-refractivity contribution in [1.29, 1.82) is 0 Å². The second-order valence-corrected chi connectivity index (χ2v) is 8.17. The lowest BCUT2D eigenvalue weighted by Gasteiger charge is -2.32. The molecule has 0 aromatic carbocycles. The van der Waals surface area contributed by atoms with Gasteiger partial charge in [0.25, 0.3) is 5.56 Å². The van der Waals surface area contributed by atoms with Crippen molar-refractivity contribution in [1.82, 2.24) is 14.3 Å². The minimum absolute atomic E-state index is 0.0491. The molecule has 23 heavy (non-hydrogen) atoms. The van der Waals surface area contributed by atoms with E-state index in [1.54, 1.807) is 21.8 Å². The first-order chi connectivity index (χ1) is 11.0. The molecule has 0 spiro atoms. The fraction of sp³-hybridized carbons (Fsp3) is 0.667. The predicted molar refractivity (Wildman–Crippen MR) is 96.1 cm³/mol. The number of aromatic nitrogens is 2. The minimum Gasteiger partial charge on any atom is -0.294 e. The number of fused-ring (bicyclic) bond motifs is 1. The lowest BCUT2D eigenvalue weighted by molar-refractivity contribution is 0.147. The van der Waals surface area contributed by atoms with Crippen LogP contribution in [0.3, 0.4) is 0 Å². The maximum Gasteiger partial charge on any atom is 0.259 e. The number of aryl methyl sites for hydroxylation is 1. The highest BCUT2D eigenvalue weighted by Gasteiger charge is 2.26. The molecule has 1 saturated heterocycles.